The number of likely N-dealkylation sites (N-methyl/N-ethyl adjacent to an activating group) is 1. The number of hydrogen-bond donors (Lipinski definition) is 4. The summed E-state index contributed by atoms with van der Waals surface area (Å²) in [6, 6.07) is 9.01. The van der Waals surface area contributed by atoms with Crippen LogP contribution in [0.1, 0.15) is 51.0 Å². The zero-order chi connectivity index (χ0) is 20.8. The fourth-order valence-corrected chi connectivity index (χ4v) is 4.65. The molecular weight excluding hydrogens is 368 g/mol. The van der Waals surface area contributed by atoms with Crippen molar-refractivity contribution in [2.75, 3.05) is 7.05 Å². The number of aliphatic hydroxyl groups is 1. The van der Waals surface area contributed by atoms with E-state index in [2.05, 4.69) is 16.0 Å². The van der Waals surface area contributed by atoms with Gasteiger partial charge in [-0.15, -0.1) is 0 Å². The molecule has 1 aromatic rings. The molecule has 2 heterocycles. The highest BCUT2D eigenvalue weighted by molar-refractivity contribution is 5.83. The third-order valence-electron chi connectivity index (χ3n) is 6.29. The highest BCUT2D eigenvalue weighted by Crippen LogP contribution is 2.33. The van der Waals surface area contributed by atoms with Gasteiger partial charge in [-0.25, -0.2) is 0 Å². The van der Waals surface area contributed by atoms with Gasteiger partial charge in [0, 0.05) is 12.6 Å². The number of fused-ring (bicyclic) bond motifs is 1. The topological polar surface area (TPSA) is 93.7 Å². The molecule has 2 aliphatic heterocycles. The molecule has 160 valence electrons. The molecule has 0 radical (unpaired) electrons. The standard InChI is InChI=1S/C22H34N4O3/c1-3-17(23-2)20(27)25-18-11-7-10-16-12-13-19(26(16)22(18)29)21(28)24-14-15-8-5-4-6-9-15/h4-6,8-9,16-19,22-23,29H,3,7,10-14H2,1-2H3,(H,24,28)(H,25,27). The van der Waals surface area contributed by atoms with Gasteiger partial charge < -0.3 is 21.1 Å². The molecule has 0 aliphatic carbocycles. The monoisotopic (exact) mass is 402 g/mol. The van der Waals surface area contributed by atoms with Crippen LogP contribution in [0.25, 0.3) is 0 Å². The molecular formula is C22H34N4O3. The molecule has 3 rings (SSSR count). The predicted octanol–water partition coefficient (Wildman–Crippen LogP) is 1.12. The van der Waals surface area contributed by atoms with E-state index in [9.17, 15) is 14.7 Å². The van der Waals surface area contributed by atoms with Crippen molar-refractivity contribution in [1.29, 1.82) is 0 Å². The van der Waals surface area contributed by atoms with Gasteiger partial charge in [0.15, 0.2) is 0 Å². The number of hydrogen-bond acceptors (Lipinski definition) is 5. The second-order valence-electron chi connectivity index (χ2n) is 8.11. The fraction of sp³-hybridized carbons (Fsp3) is 0.636. The van der Waals surface area contributed by atoms with Crippen molar-refractivity contribution in [2.24, 2.45) is 0 Å². The first-order chi connectivity index (χ1) is 14.0. The lowest BCUT2D eigenvalue weighted by atomic mass is 10.0. The molecule has 0 saturated carbocycles. The van der Waals surface area contributed by atoms with Crippen LogP contribution in [0.5, 0.6) is 0 Å². The Labute approximate surface area is 173 Å². The Morgan fingerprint density at radius 2 is 1.93 bits per heavy atom. The van der Waals surface area contributed by atoms with Crippen LogP contribution < -0.4 is 16.0 Å². The Morgan fingerprint density at radius 1 is 1.17 bits per heavy atom. The minimum atomic E-state index is -0.851. The third kappa shape index (κ3) is 5.15. The summed E-state index contributed by atoms with van der Waals surface area (Å²) in [6.45, 7) is 2.43. The molecule has 0 spiro atoms. The number of aliphatic hydroxyl groups excluding tert-OH is 1. The van der Waals surface area contributed by atoms with Crippen molar-refractivity contribution in [3.8, 4) is 0 Å². The summed E-state index contributed by atoms with van der Waals surface area (Å²) >= 11 is 0. The zero-order valence-corrected chi connectivity index (χ0v) is 17.4. The number of benzene rings is 1. The minimum Gasteiger partial charge on any atom is -0.376 e. The van der Waals surface area contributed by atoms with Crippen LogP contribution in [0.15, 0.2) is 30.3 Å². The maximum Gasteiger partial charge on any atom is 0.237 e. The van der Waals surface area contributed by atoms with Crippen LogP contribution in [-0.2, 0) is 16.1 Å². The van der Waals surface area contributed by atoms with Gasteiger partial charge in [0.1, 0.15) is 6.23 Å². The fourth-order valence-electron chi connectivity index (χ4n) is 4.65. The number of carbonyl (C=O) groups excluding carboxylic acids is 2. The van der Waals surface area contributed by atoms with E-state index in [1.165, 1.54) is 0 Å². The van der Waals surface area contributed by atoms with Gasteiger partial charge in [0.05, 0.1) is 18.1 Å². The Kier molecular flexibility index (Phi) is 7.64. The Morgan fingerprint density at radius 3 is 2.62 bits per heavy atom. The first-order valence-corrected chi connectivity index (χ1v) is 10.8. The van der Waals surface area contributed by atoms with Gasteiger partial charge in [-0.05, 0) is 51.1 Å². The molecule has 0 aromatic heterocycles. The van der Waals surface area contributed by atoms with E-state index in [0.29, 0.717) is 13.0 Å². The smallest absolute Gasteiger partial charge is 0.237 e. The highest BCUT2D eigenvalue weighted by Gasteiger charge is 2.45. The lowest BCUT2D eigenvalue weighted by Crippen LogP contribution is -2.58. The third-order valence-corrected chi connectivity index (χ3v) is 6.29. The summed E-state index contributed by atoms with van der Waals surface area (Å²) in [6.07, 6.45) is 4.05. The van der Waals surface area contributed by atoms with E-state index in [0.717, 1.165) is 37.7 Å². The van der Waals surface area contributed by atoms with Crippen molar-refractivity contribution < 1.29 is 14.7 Å². The number of amides is 2. The van der Waals surface area contributed by atoms with Crippen LogP contribution in [0, 0.1) is 0 Å². The van der Waals surface area contributed by atoms with Crippen molar-refractivity contribution >= 4 is 11.8 Å². The van der Waals surface area contributed by atoms with Crippen LogP contribution in [-0.4, -0.2) is 59.3 Å². The van der Waals surface area contributed by atoms with Crippen molar-refractivity contribution in [3.63, 3.8) is 0 Å². The summed E-state index contributed by atoms with van der Waals surface area (Å²) in [5.74, 6) is -0.147. The molecule has 2 aliphatic rings. The van der Waals surface area contributed by atoms with Gasteiger partial charge in [-0.3, -0.25) is 14.5 Å². The van der Waals surface area contributed by atoms with Crippen molar-refractivity contribution in [1.82, 2.24) is 20.9 Å². The van der Waals surface area contributed by atoms with Crippen molar-refractivity contribution in [3.05, 3.63) is 35.9 Å². The summed E-state index contributed by atoms with van der Waals surface area (Å²) in [7, 11) is 1.76. The quantitative estimate of drug-likeness (QED) is 0.548. The first-order valence-electron chi connectivity index (χ1n) is 10.8. The molecule has 0 bridgehead atoms. The van der Waals surface area contributed by atoms with Gasteiger partial charge in [-0.2, -0.15) is 0 Å². The highest BCUT2D eigenvalue weighted by atomic mass is 16.3. The minimum absolute atomic E-state index is 0.0518. The number of nitrogens with zero attached hydrogens (tertiary/aromatic N) is 1. The van der Waals surface area contributed by atoms with E-state index in [1.54, 1.807) is 7.05 Å². The summed E-state index contributed by atoms with van der Waals surface area (Å²) in [5, 5.41) is 20.1. The van der Waals surface area contributed by atoms with Gasteiger partial charge in [0.25, 0.3) is 0 Å². The molecule has 7 heteroatoms. The molecule has 2 saturated heterocycles. The van der Waals surface area contributed by atoms with Crippen molar-refractivity contribution in [2.45, 2.75) is 82.4 Å². The second-order valence-corrected chi connectivity index (χ2v) is 8.11. The maximum absolute atomic E-state index is 12.9. The summed E-state index contributed by atoms with van der Waals surface area (Å²) < 4.78 is 0. The van der Waals surface area contributed by atoms with Crippen LogP contribution in [0.3, 0.4) is 0 Å². The number of carbonyl (C=O) groups is 2. The van der Waals surface area contributed by atoms with E-state index in [4.69, 9.17) is 0 Å². The largest absolute Gasteiger partial charge is 0.376 e. The molecule has 2 fully saturated rings. The summed E-state index contributed by atoms with van der Waals surface area (Å²) in [4.78, 5) is 27.4. The first kappa shape index (κ1) is 21.7. The number of rotatable bonds is 7. The van der Waals surface area contributed by atoms with Gasteiger partial charge in [-0.1, -0.05) is 37.3 Å². The van der Waals surface area contributed by atoms with E-state index in [1.807, 2.05) is 42.2 Å². The molecule has 29 heavy (non-hydrogen) atoms. The maximum atomic E-state index is 12.9. The molecule has 1 aromatic carbocycles. The Hall–Kier alpha value is -1.96. The lowest BCUT2D eigenvalue weighted by Gasteiger charge is -2.36. The molecule has 4 N–H and O–H groups in total. The average Bonchev–Trinajstić information content (AvgIpc) is 3.10. The van der Waals surface area contributed by atoms with Gasteiger partial charge in [0.2, 0.25) is 11.8 Å². The van der Waals surface area contributed by atoms with E-state index in [-0.39, 0.29) is 36.0 Å². The summed E-state index contributed by atoms with van der Waals surface area (Å²) in [5.41, 5.74) is 1.05. The lowest BCUT2D eigenvalue weighted by molar-refractivity contribution is -0.134. The zero-order valence-electron chi connectivity index (χ0n) is 17.4. The normalized spacial score (nSPS) is 28.2. The second kappa shape index (κ2) is 10.2. The predicted molar refractivity (Wildman–Crippen MR) is 112 cm³/mol. The number of nitrogens with one attached hydrogen (secondary N) is 3. The Balaban J connectivity index is 1.65. The Bertz CT molecular complexity index is 680. The molecule has 7 nitrogen and oxygen atoms in total. The van der Waals surface area contributed by atoms with E-state index < -0.39 is 6.23 Å². The van der Waals surface area contributed by atoms with Crippen LogP contribution in [0.2, 0.25) is 0 Å². The molecule has 5 atom stereocenters. The van der Waals surface area contributed by atoms with Crippen LogP contribution >= 0.6 is 0 Å². The van der Waals surface area contributed by atoms with Gasteiger partial charge >= 0.3 is 0 Å². The SMILES string of the molecule is CCC(NC)C(=O)NC1CCCC2CCC(C(=O)NCc3ccccc3)N2C1O. The van der Waals surface area contributed by atoms with Crippen LogP contribution in [0.4, 0.5) is 0 Å². The molecule has 5 unspecified atom stereocenters. The van der Waals surface area contributed by atoms with E-state index >= 15 is 0 Å². The molecule has 2 amide bonds. The average molecular weight is 403 g/mol.